The molecule has 32 heavy (non-hydrogen) atoms. The third-order valence-corrected chi connectivity index (χ3v) is 11.0. The summed E-state index contributed by atoms with van der Waals surface area (Å²) in [6, 6.07) is 5.80. The van der Waals surface area contributed by atoms with Crippen LogP contribution >= 0.6 is 0 Å². The van der Waals surface area contributed by atoms with Crippen molar-refractivity contribution in [3.8, 4) is 0 Å². The molecule has 0 heterocycles. The molecular formula is C17H14F3NO8S3. The van der Waals surface area contributed by atoms with E-state index in [1.807, 2.05) is 0 Å². The second kappa shape index (κ2) is 7.28. The second-order valence-corrected chi connectivity index (χ2v) is 12.3. The van der Waals surface area contributed by atoms with Crippen molar-refractivity contribution in [1.82, 2.24) is 0 Å². The standard InChI is InChI=1S/C17H14F3NO8S3/c18-17(19,20)11-5-6-14(13(21)9-11)30(22,23)16(32(27,28)29)8-7-10-3-1-2-4-12(10)15(16)31(24,25)26/h1-9,15H,21H2,(H,24,25,26)(H,27,28,29). The van der Waals surface area contributed by atoms with Crippen LogP contribution in [0.5, 0.6) is 0 Å². The van der Waals surface area contributed by atoms with E-state index in [-0.39, 0.29) is 11.6 Å². The first-order valence-corrected chi connectivity index (χ1v) is 12.8. The average molecular weight is 513 g/mol. The minimum absolute atomic E-state index is 0.0185. The molecule has 15 heteroatoms. The number of halogens is 3. The lowest BCUT2D eigenvalue weighted by Gasteiger charge is -2.36. The van der Waals surface area contributed by atoms with E-state index < -0.39 is 67.3 Å². The van der Waals surface area contributed by atoms with Crippen molar-refractivity contribution in [2.24, 2.45) is 0 Å². The van der Waals surface area contributed by atoms with Gasteiger partial charge in [0.05, 0.1) is 16.1 Å². The molecule has 0 radical (unpaired) electrons. The Labute approximate surface area is 180 Å². The maximum Gasteiger partial charge on any atom is 0.416 e. The molecule has 2 atom stereocenters. The van der Waals surface area contributed by atoms with E-state index in [0.29, 0.717) is 18.2 Å². The predicted molar refractivity (Wildman–Crippen MR) is 107 cm³/mol. The highest BCUT2D eigenvalue weighted by Gasteiger charge is 2.65. The van der Waals surface area contributed by atoms with Gasteiger partial charge in [0.15, 0.2) is 5.25 Å². The first-order chi connectivity index (χ1) is 14.4. The van der Waals surface area contributed by atoms with Crippen LogP contribution < -0.4 is 5.73 Å². The summed E-state index contributed by atoms with van der Waals surface area (Å²) in [7, 11) is -17.1. The van der Waals surface area contributed by atoms with Crippen LogP contribution in [0.15, 0.2) is 53.4 Å². The molecule has 0 amide bonds. The lowest BCUT2D eigenvalue weighted by atomic mass is 9.96. The molecule has 174 valence electrons. The number of benzene rings is 2. The number of anilines is 1. The van der Waals surface area contributed by atoms with Gasteiger partial charge in [-0.15, -0.1) is 0 Å². The molecule has 3 rings (SSSR count). The number of alkyl halides is 3. The van der Waals surface area contributed by atoms with E-state index in [1.54, 1.807) is 0 Å². The molecule has 0 saturated carbocycles. The van der Waals surface area contributed by atoms with Gasteiger partial charge in [-0.25, -0.2) is 8.42 Å². The van der Waals surface area contributed by atoms with Gasteiger partial charge in [-0.2, -0.15) is 30.0 Å². The van der Waals surface area contributed by atoms with Crippen LogP contribution in [-0.2, 0) is 36.2 Å². The minimum atomic E-state index is -5.92. The number of sulfone groups is 1. The Bertz CT molecular complexity index is 1450. The van der Waals surface area contributed by atoms with Gasteiger partial charge in [-0.1, -0.05) is 30.3 Å². The zero-order valence-corrected chi connectivity index (χ0v) is 18.0. The van der Waals surface area contributed by atoms with E-state index in [2.05, 4.69) is 0 Å². The average Bonchev–Trinajstić information content (AvgIpc) is 2.64. The summed E-state index contributed by atoms with van der Waals surface area (Å²) in [6.45, 7) is 0. The summed E-state index contributed by atoms with van der Waals surface area (Å²) >= 11 is 0. The summed E-state index contributed by atoms with van der Waals surface area (Å²) in [5, 5.41) is -2.78. The molecule has 2 unspecified atom stereocenters. The van der Waals surface area contributed by atoms with Crippen LogP contribution in [0, 0.1) is 0 Å². The van der Waals surface area contributed by atoms with Crippen molar-refractivity contribution in [2.45, 2.75) is 20.4 Å². The van der Waals surface area contributed by atoms with E-state index in [0.717, 1.165) is 12.1 Å². The Hall–Kier alpha value is -2.46. The van der Waals surface area contributed by atoms with Crippen LogP contribution in [0.25, 0.3) is 6.08 Å². The van der Waals surface area contributed by atoms with Gasteiger partial charge in [-0.05, 0) is 35.4 Å². The van der Waals surface area contributed by atoms with E-state index >= 15 is 0 Å². The number of hydrogen-bond acceptors (Lipinski definition) is 7. The lowest BCUT2D eigenvalue weighted by Crippen LogP contribution is -2.53. The molecular weight excluding hydrogens is 499 g/mol. The molecule has 2 aromatic rings. The molecule has 4 N–H and O–H groups in total. The van der Waals surface area contributed by atoms with E-state index in [4.69, 9.17) is 5.73 Å². The highest BCUT2D eigenvalue weighted by molar-refractivity contribution is 8.09. The molecule has 0 saturated heterocycles. The van der Waals surface area contributed by atoms with Gasteiger partial charge in [-0.3, -0.25) is 9.11 Å². The van der Waals surface area contributed by atoms with Crippen molar-refractivity contribution < 1.29 is 47.5 Å². The maximum atomic E-state index is 13.5. The topological polar surface area (TPSA) is 169 Å². The van der Waals surface area contributed by atoms with Crippen LogP contribution in [0.4, 0.5) is 18.9 Å². The van der Waals surface area contributed by atoms with Gasteiger partial charge in [0.25, 0.3) is 20.2 Å². The normalized spacial score (nSPS) is 21.8. The summed E-state index contributed by atoms with van der Waals surface area (Å²) in [5.41, 5.74) is 2.60. The monoisotopic (exact) mass is 513 g/mol. The van der Waals surface area contributed by atoms with E-state index in [9.17, 15) is 47.5 Å². The highest BCUT2D eigenvalue weighted by Crippen LogP contribution is 2.51. The van der Waals surface area contributed by atoms with Crippen LogP contribution in [0.3, 0.4) is 0 Å². The van der Waals surface area contributed by atoms with E-state index in [1.165, 1.54) is 18.2 Å². The number of nitrogens with two attached hydrogens (primary N) is 1. The Kier molecular flexibility index (Phi) is 5.50. The molecule has 1 aliphatic rings. The molecule has 0 spiro atoms. The SMILES string of the molecule is Nc1cc(C(F)(F)F)ccc1S(=O)(=O)C1(S(=O)(=O)O)C=Cc2ccccc2C1S(=O)(=O)O. The van der Waals surface area contributed by atoms with Gasteiger partial charge >= 0.3 is 6.18 Å². The molecule has 0 fully saturated rings. The fraction of sp³-hybridized carbons (Fsp3) is 0.176. The number of nitrogen functional groups attached to an aromatic ring is 1. The summed E-state index contributed by atoms with van der Waals surface area (Å²) < 4.78 is 131. The Morgan fingerprint density at radius 2 is 1.53 bits per heavy atom. The van der Waals surface area contributed by atoms with Gasteiger partial charge in [0, 0.05) is 0 Å². The summed E-state index contributed by atoms with van der Waals surface area (Å²) in [6.07, 6.45) is -3.68. The quantitative estimate of drug-likeness (QED) is 0.410. The Morgan fingerprint density at radius 3 is 2.03 bits per heavy atom. The van der Waals surface area contributed by atoms with Crippen LogP contribution in [-0.4, -0.2) is 38.4 Å². The van der Waals surface area contributed by atoms with Crippen molar-refractivity contribution >= 4 is 41.8 Å². The Morgan fingerprint density at radius 1 is 0.938 bits per heavy atom. The van der Waals surface area contributed by atoms with Crippen molar-refractivity contribution in [2.75, 3.05) is 5.73 Å². The molecule has 0 aliphatic heterocycles. The predicted octanol–water partition coefficient (Wildman–Crippen LogP) is 2.30. The summed E-state index contributed by atoms with van der Waals surface area (Å²) in [4.78, 5) is -1.19. The second-order valence-electron chi connectivity index (χ2n) is 6.81. The molecule has 0 aromatic heterocycles. The number of hydrogen-bond donors (Lipinski definition) is 3. The van der Waals surface area contributed by atoms with Gasteiger partial charge in [0.1, 0.15) is 0 Å². The van der Waals surface area contributed by atoms with Crippen molar-refractivity contribution in [1.29, 1.82) is 0 Å². The van der Waals surface area contributed by atoms with Gasteiger partial charge in [0.2, 0.25) is 13.9 Å². The first kappa shape index (κ1) is 24.2. The Balaban J connectivity index is 2.44. The smallest absolute Gasteiger partial charge is 0.398 e. The lowest BCUT2D eigenvalue weighted by molar-refractivity contribution is -0.137. The van der Waals surface area contributed by atoms with Crippen LogP contribution in [0.1, 0.15) is 21.9 Å². The molecule has 2 aromatic carbocycles. The maximum absolute atomic E-state index is 13.5. The third kappa shape index (κ3) is 3.59. The largest absolute Gasteiger partial charge is 0.416 e. The molecule has 0 bridgehead atoms. The summed E-state index contributed by atoms with van der Waals surface area (Å²) in [5.74, 6) is 0. The zero-order chi connectivity index (χ0) is 24.3. The molecule has 9 nitrogen and oxygen atoms in total. The number of rotatable bonds is 4. The fourth-order valence-corrected chi connectivity index (χ4v) is 9.65. The number of fused-ring (bicyclic) bond motifs is 1. The van der Waals surface area contributed by atoms with Crippen LogP contribution in [0.2, 0.25) is 0 Å². The fourth-order valence-electron chi connectivity index (χ4n) is 3.51. The highest BCUT2D eigenvalue weighted by atomic mass is 32.3. The van der Waals surface area contributed by atoms with Gasteiger partial charge < -0.3 is 5.73 Å². The third-order valence-electron chi connectivity index (χ3n) is 4.89. The van der Waals surface area contributed by atoms with Crippen molar-refractivity contribution in [3.05, 3.63) is 65.2 Å². The minimum Gasteiger partial charge on any atom is -0.398 e. The van der Waals surface area contributed by atoms with Crippen molar-refractivity contribution in [3.63, 3.8) is 0 Å². The zero-order valence-electron chi connectivity index (χ0n) is 15.6. The molecule has 1 aliphatic carbocycles. The first-order valence-electron chi connectivity index (χ1n) is 8.37.